The van der Waals surface area contributed by atoms with Gasteiger partial charge in [0.1, 0.15) is 10.9 Å². The summed E-state index contributed by atoms with van der Waals surface area (Å²) < 4.78 is 0.891. The molecule has 47 heavy (non-hydrogen) atoms. The van der Waals surface area contributed by atoms with Gasteiger partial charge in [-0.1, -0.05) is 76.6 Å². The lowest BCUT2D eigenvalue weighted by Crippen LogP contribution is -2.30. The Kier molecular flexibility index (Phi) is 11.2. The number of amides is 3. The van der Waals surface area contributed by atoms with Crippen molar-refractivity contribution in [3.8, 4) is 0 Å². The molecule has 0 bridgehead atoms. The predicted octanol–water partition coefficient (Wildman–Crippen LogP) is 8.53. The first-order valence-corrected chi connectivity index (χ1v) is 16.3. The third kappa shape index (κ3) is 9.38. The third-order valence-corrected chi connectivity index (χ3v) is 8.77. The van der Waals surface area contributed by atoms with Crippen molar-refractivity contribution < 1.29 is 19.2 Å². The SMILES string of the molecule is CC(=O)c1ccc(NC(=O)C(Sc2ccc(NC(=O)/C(=C/c3ccc(Br)cc3)NC(=O)c3ccccc3)cc2)c2ccccc2)cc1. The van der Waals surface area contributed by atoms with E-state index in [1.165, 1.54) is 18.7 Å². The van der Waals surface area contributed by atoms with E-state index >= 15 is 0 Å². The summed E-state index contributed by atoms with van der Waals surface area (Å²) in [7, 11) is 0. The molecule has 3 N–H and O–H groups in total. The summed E-state index contributed by atoms with van der Waals surface area (Å²) in [6.45, 7) is 1.50. The number of halogens is 1. The minimum atomic E-state index is -0.572. The molecule has 1 unspecified atom stereocenters. The van der Waals surface area contributed by atoms with E-state index in [2.05, 4.69) is 31.9 Å². The van der Waals surface area contributed by atoms with Crippen LogP contribution in [0.3, 0.4) is 0 Å². The summed E-state index contributed by atoms with van der Waals surface area (Å²) in [4.78, 5) is 52.3. The number of ketones is 1. The Morgan fingerprint density at radius 2 is 1.23 bits per heavy atom. The molecular formula is C38H30BrN3O4S. The minimum Gasteiger partial charge on any atom is -0.325 e. The zero-order valence-corrected chi connectivity index (χ0v) is 27.7. The Morgan fingerprint density at radius 3 is 1.85 bits per heavy atom. The van der Waals surface area contributed by atoms with Crippen molar-refractivity contribution in [2.45, 2.75) is 17.1 Å². The summed E-state index contributed by atoms with van der Waals surface area (Å²) in [5.41, 5.74) is 3.74. The summed E-state index contributed by atoms with van der Waals surface area (Å²) in [5.74, 6) is -1.16. The molecule has 0 spiro atoms. The monoisotopic (exact) mass is 703 g/mol. The van der Waals surface area contributed by atoms with Gasteiger partial charge in [0.2, 0.25) is 5.91 Å². The molecule has 0 heterocycles. The Bertz CT molecular complexity index is 1900. The quantitative estimate of drug-likeness (QED) is 0.0727. The molecule has 0 aromatic heterocycles. The van der Waals surface area contributed by atoms with E-state index in [0.29, 0.717) is 22.5 Å². The molecule has 1 atom stereocenters. The largest absolute Gasteiger partial charge is 0.325 e. The number of anilines is 2. The van der Waals surface area contributed by atoms with E-state index in [1.807, 2.05) is 72.8 Å². The molecule has 3 amide bonds. The highest BCUT2D eigenvalue weighted by molar-refractivity contribution is 9.10. The zero-order chi connectivity index (χ0) is 33.2. The molecule has 0 saturated heterocycles. The average molecular weight is 705 g/mol. The number of thioether (sulfide) groups is 1. The van der Waals surface area contributed by atoms with Crippen molar-refractivity contribution in [1.29, 1.82) is 0 Å². The molecule has 0 aliphatic rings. The van der Waals surface area contributed by atoms with Crippen LogP contribution in [0.4, 0.5) is 11.4 Å². The Balaban J connectivity index is 1.31. The van der Waals surface area contributed by atoms with Crippen LogP contribution in [0.2, 0.25) is 0 Å². The molecule has 5 rings (SSSR count). The van der Waals surface area contributed by atoms with Gasteiger partial charge >= 0.3 is 0 Å². The van der Waals surface area contributed by atoms with Gasteiger partial charge in [0, 0.05) is 31.9 Å². The standard InChI is InChI=1S/C38H30BrN3O4S/c1-25(43)27-14-18-31(19-15-27)41-38(46)35(28-8-4-2-5-9-28)47-33-22-20-32(21-23-33)40-37(45)34(24-26-12-16-30(39)17-13-26)42-36(44)29-10-6-3-7-11-29/h2-24,35H,1H3,(H,40,45)(H,41,46)(H,42,44)/b34-24-. The maximum atomic E-state index is 13.5. The molecule has 5 aromatic carbocycles. The molecule has 0 aliphatic heterocycles. The smallest absolute Gasteiger partial charge is 0.272 e. The van der Waals surface area contributed by atoms with Crippen molar-refractivity contribution in [3.05, 3.63) is 166 Å². The van der Waals surface area contributed by atoms with E-state index in [0.717, 1.165) is 20.5 Å². The molecular weight excluding hydrogens is 674 g/mol. The maximum Gasteiger partial charge on any atom is 0.272 e. The van der Waals surface area contributed by atoms with Gasteiger partial charge < -0.3 is 16.0 Å². The first-order valence-electron chi connectivity index (χ1n) is 14.6. The summed E-state index contributed by atoms with van der Waals surface area (Å²) >= 11 is 4.78. The van der Waals surface area contributed by atoms with Crippen LogP contribution < -0.4 is 16.0 Å². The Labute approximate surface area is 285 Å². The highest BCUT2D eigenvalue weighted by atomic mass is 79.9. The number of hydrogen-bond acceptors (Lipinski definition) is 5. The molecule has 5 aromatic rings. The summed E-state index contributed by atoms with van der Waals surface area (Å²) in [5, 5.41) is 8.00. The van der Waals surface area contributed by atoms with Gasteiger partial charge in [-0.25, -0.2) is 0 Å². The molecule has 0 aliphatic carbocycles. The van der Waals surface area contributed by atoms with Gasteiger partial charge in [-0.2, -0.15) is 0 Å². The van der Waals surface area contributed by atoms with Gasteiger partial charge in [-0.3, -0.25) is 19.2 Å². The van der Waals surface area contributed by atoms with Gasteiger partial charge in [0.15, 0.2) is 5.78 Å². The second-order valence-electron chi connectivity index (χ2n) is 10.4. The maximum absolute atomic E-state index is 13.5. The lowest BCUT2D eigenvalue weighted by Gasteiger charge is -2.18. The number of rotatable bonds is 11. The minimum absolute atomic E-state index is 0.0472. The summed E-state index contributed by atoms with van der Waals surface area (Å²) in [6, 6.07) is 39.4. The highest BCUT2D eigenvalue weighted by Gasteiger charge is 2.23. The van der Waals surface area contributed by atoms with Gasteiger partial charge in [0.25, 0.3) is 11.8 Å². The number of carbonyl (C=O) groups is 4. The highest BCUT2D eigenvalue weighted by Crippen LogP contribution is 2.37. The molecule has 0 saturated carbocycles. The van der Waals surface area contributed by atoms with Crippen molar-refractivity contribution in [3.63, 3.8) is 0 Å². The predicted molar refractivity (Wildman–Crippen MR) is 191 cm³/mol. The summed E-state index contributed by atoms with van der Waals surface area (Å²) in [6.07, 6.45) is 1.61. The van der Waals surface area contributed by atoms with E-state index < -0.39 is 17.1 Å². The van der Waals surface area contributed by atoms with Crippen molar-refractivity contribution in [2.24, 2.45) is 0 Å². The zero-order valence-electron chi connectivity index (χ0n) is 25.3. The topological polar surface area (TPSA) is 104 Å². The molecule has 0 radical (unpaired) electrons. The van der Waals surface area contributed by atoms with Crippen LogP contribution in [-0.2, 0) is 9.59 Å². The second-order valence-corrected chi connectivity index (χ2v) is 12.5. The second kappa shape index (κ2) is 15.8. The normalized spacial score (nSPS) is 11.7. The number of Topliss-reactive ketones (excluding diaryl/α,β-unsaturated/α-hetero) is 1. The van der Waals surface area contributed by atoms with Crippen LogP contribution in [0.5, 0.6) is 0 Å². The van der Waals surface area contributed by atoms with Crippen LogP contribution in [0.25, 0.3) is 6.08 Å². The molecule has 9 heteroatoms. The van der Waals surface area contributed by atoms with Gasteiger partial charge in [-0.05, 0) is 96.9 Å². The van der Waals surface area contributed by atoms with E-state index in [4.69, 9.17) is 0 Å². The van der Waals surface area contributed by atoms with Crippen LogP contribution in [0.15, 0.2) is 149 Å². The Hall–Kier alpha value is -5.25. The molecule has 7 nitrogen and oxygen atoms in total. The molecule has 0 fully saturated rings. The first-order chi connectivity index (χ1) is 22.7. The lowest BCUT2D eigenvalue weighted by atomic mass is 10.1. The van der Waals surface area contributed by atoms with Crippen molar-refractivity contribution in [1.82, 2.24) is 5.32 Å². The Morgan fingerprint density at radius 1 is 0.660 bits per heavy atom. The van der Waals surface area contributed by atoms with Crippen LogP contribution in [-0.4, -0.2) is 23.5 Å². The number of benzene rings is 5. The van der Waals surface area contributed by atoms with Crippen molar-refractivity contribution in [2.75, 3.05) is 10.6 Å². The van der Waals surface area contributed by atoms with Gasteiger partial charge in [-0.15, -0.1) is 11.8 Å². The first kappa shape index (κ1) is 33.1. The van der Waals surface area contributed by atoms with Crippen molar-refractivity contribution >= 4 is 68.6 Å². The number of carbonyl (C=O) groups excluding carboxylic acids is 4. The lowest BCUT2D eigenvalue weighted by molar-refractivity contribution is -0.116. The van der Waals surface area contributed by atoms with E-state index in [1.54, 1.807) is 66.7 Å². The van der Waals surface area contributed by atoms with E-state index in [-0.39, 0.29) is 17.4 Å². The third-order valence-electron chi connectivity index (χ3n) is 6.98. The average Bonchev–Trinajstić information content (AvgIpc) is 3.09. The molecule has 234 valence electrons. The van der Waals surface area contributed by atoms with Gasteiger partial charge in [0.05, 0.1) is 0 Å². The van der Waals surface area contributed by atoms with Crippen LogP contribution in [0.1, 0.15) is 44.0 Å². The van der Waals surface area contributed by atoms with E-state index in [9.17, 15) is 19.2 Å². The fourth-order valence-corrected chi connectivity index (χ4v) is 5.81. The van der Waals surface area contributed by atoms with Crippen LogP contribution in [0, 0.1) is 0 Å². The number of nitrogens with one attached hydrogen (secondary N) is 3. The fraction of sp³-hybridized carbons (Fsp3) is 0.0526. The number of hydrogen-bond donors (Lipinski definition) is 3. The fourth-order valence-electron chi connectivity index (χ4n) is 4.52. The van der Waals surface area contributed by atoms with Crippen LogP contribution >= 0.6 is 27.7 Å².